The number of nitrogens with one attached hydrogen (secondary N) is 1. The fourth-order valence-electron chi connectivity index (χ4n) is 1.07. The van der Waals surface area contributed by atoms with Crippen LogP contribution in [0.3, 0.4) is 0 Å². The van der Waals surface area contributed by atoms with E-state index in [4.69, 9.17) is 11.6 Å². The lowest BCUT2D eigenvalue weighted by Crippen LogP contribution is -2.06. The van der Waals surface area contributed by atoms with Crippen molar-refractivity contribution in [2.45, 2.75) is 0 Å². The van der Waals surface area contributed by atoms with E-state index in [1.807, 2.05) is 0 Å². The number of aromatic amines is 1. The molecule has 2 rings (SSSR count). The lowest BCUT2D eigenvalue weighted by Gasteiger charge is -1.94. The summed E-state index contributed by atoms with van der Waals surface area (Å²) < 4.78 is 0. The van der Waals surface area contributed by atoms with Crippen LogP contribution >= 0.6 is 11.6 Å². The second kappa shape index (κ2) is 2.60. The highest BCUT2D eigenvalue weighted by Crippen LogP contribution is 2.14. The first kappa shape index (κ1) is 7.31. The zero-order valence-electron chi connectivity index (χ0n) is 6.04. The maximum atomic E-state index is 11.1. The Hall–Kier alpha value is -1.35. The highest BCUT2D eigenvalue weighted by molar-refractivity contribution is 6.31. The maximum absolute atomic E-state index is 11.1. The third kappa shape index (κ3) is 1.08. The fourth-order valence-corrected chi connectivity index (χ4v) is 1.25. The number of aromatic nitrogens is 2. The van der Waals surface area contributed by atoms with Gasteiger partial charge in [0.15, 0.2) is 0 Å². The van der Waals surface area contributed by atoms with E-state index < -0.39 is 0 Å². The van der Waals surface area contributed by atoms with Gasteiger partial charge in [0.1, 0.15) is 0 Å². The summed E-state index contributed by atoms with van der Waals surface area (Å²) in [4.78, 5) is 11.1. The molecule has 3 nitrogen and oxygen atoms in total. The van der Waals surface area contributed by atoms with Gasteiger partial charge in [0, 0.05) is 10.4 Å². The van der Waals surface area contributed by atoms with E-state index in [2.05, 4.69) is 10.2 Å². The summed E-state index contributed by atoms with van der Waals surface area (Å²) in [6.45, 7) is 0. The van der Waals surface area contributed by atoms with E-state index in [-0.39, 0.29) is 5.56 Å². The summed E-state index contributed by atoms with van der Waals surface area (Å²) in [5.74, 6) is 0. The molecular weight excluding hydrogens is 176 g/mol. The standard InChI is InChI=1S/C8H5ClN2O/c9-6-1-2-7-5(3-6)4-10-11-8(7)12/h1-4H,(H,11,12). The van der Waals surface area contributed by atoms with Crippen LogP contribution < -0.4 is 5.56 Å². The number of hydrogen-bond acceptors (Lipinski definition) is 2. The van der Waals surface area contributed by atoms with Gasteiger partial charge in [-0.3, -0.25) is 4.79 Å². The summed E-state index contributed by atoms with van der Waals surface area (Å²) in [5, 5.41) is 7.97. The highest BCUT2D eigenvalue weighted by atomic mass is 35.5. The predicted molar refractivity (Wildman–Crippen MR) is 47.4 cm³/mol. The van der Waals surface area contributed by atoms with Crippen LogP contribution in [-0.4, -0.2) is 10.2 Å². The molecule has 1 aromatic heterocycles. The van der Waals surface area contributed by atoms with Crippen LogP contribution in [0.2, 0.25) is 5.02 Å². The number of hydrogen-bond donors (Lipinski definition) is 1. The summed E-state index contributed by atoms with van der Waals surface area (Å²) >= 11 is 5.73. The zero-order chi connectivity index (χ0) is 8.55. The van der Waals surface area contributed by atoms with Gasteiger partial charge in [-0.2, -0.15) is 5.10 Å². The number of H-pyrrole nitrogens is 1. The molecule has 0 unspecified atom stereocenters. The van der Waals surface area contributed by atoms with Crippen molar-refractivity contribution in [2.24, 2.45) is 0 Å². The number of benzene rings is 1. The minimum atomic E-state index is -0.191. The minimum Gasteiger partial charge on any atom is -0.267 e. The van der Waals surface area contributed by atoms with Crippen LogP contribution in [0.4, 0.5) is 0 Å². The topological polar surface area (TPSA) is 45.8 Å². The maximum Gasteiger partial charge on any atom is 0.272 e. The van der Waals surface area contributed by atoms with Gasteiger partial charge >= 0.3 is 0 Å². The molecular formula is C8H5ClN2O. The molecule has 0 saturated heterocycles. The summed E-state index contributed by atoms with van der Waals surface area (Å²) in [6.07, 6.45) is 1.57. The molecule has 1 heterocycles. The molecule has 12 heavy (non-hydrogen) atoms. The summed E-state index contributed by atoms with van der Waals surface area (Å²) in [5.41, 5.74) is -0.191. The quantitative estimate of drug-likeness (QED) is 0.669. The Balaban J connectivity index is 2.96. The van der Waals surface area contributed by atoms with Crippen LogP contribution in [0.1, 0.15) is 0 Å². The lowest BCUT2D eigenvalue weighted by molar-refractivity contribution is 1.01. The Morgan fingerprint density at radius 3 is 3.08 bits per heavy atom. The first-order valence-electron chi connectivity index (χ1n) is 3.40. The molecule has 2 aromatic rings. The van der Waals surface area contributed by atoms with Gasteiger partial charge in [0.25, 0.3) is 5.56 Å². The first-order chi connectivity index (χ1) is 5.77. The third-order valence-electron chi connectivity index (χ3n) is 1.63. The molecule has 0 spiro atoms. The molecule has 4 heteroatoms. The fraction of sp³-hybridized carbons (Fsp3) is 0. The Kier molecular flexibility index (Phi) is 1.59. The Morgan fingerprint density at radius 1 is 1.42 bits per heavy atom. The molecule has 0 fully saturated rings. The molecule has 60 valence electrons. The minimum absolute atomic E-state index is 0.191. The molecule has 0 aliphatic rings. The molecule has 1 N–H and O–H groups in total. The Bertz CT molecular complexity index is 478. The van der Waals surface area contributed by atoms with Gasteiger partial charge in [0.2, 0.25) is 0 Å². The van der Waals surface area contributed by atoms with Gasteiger partial charge in [-0.15, -0.1) is 0 Å². The average Bonchev–Trinajstić information content (AvgIpc) is 2.04. The molecule has 1 aromatic carbocycles. The molecule has 0 bridgehead atoms. The van der Waals surface area contributed by atoms with E-state index >= 15 is 0 Å². The second-order valence-corrected chi connectivity index (χ2v) is 2.87. The lowest BCUT2D eigenvalue weighted by atomic mass is 10.2. The number of nitrogens with zero attached hydrogens (tertiary/aromatic N) is 1. The predicted octanol–water partition coefficient (Wildman–Crippen LogP) is 1.58. The van der Waals surface area contributed by atoms with Crippen molar-refractivity contribution in [1.29, 1.82) is 0 Å². The van der Waals surface area contributed by atoms with Gasteiger partial charge < -0.3 is 0 Å². The van der Waals surface area contributed by atoms with Crippen LogP contribution in [0.25, 0.3) is 10.8 Å². The van der Waals surface area contributed by atoms with Gasteiger partial charge in [0.05, 0.1) is 11.6 Å². The van der Waals surface area contributed by atoms with Crippen molar-refractivity contribution in [2.75, 3.05) is 0 Å². The van der Waals surface area contributed by atoms with E-state index in [0.717, 1.165) is 5.39 Å². The first-order valence-corrected chi connectivity index (χ1v) is 3.78. The van der Waals surface area contributed by atoms with Gasteiger partial charge in [-0.1, -0.05) is 11.6 Å². The smallest absolute Gasteiger partial charge is 0.267 e. The Morgan fingerprint density at radius 2 is 2.25 bits per heavy atom. The highest BCUT2D eigenvalue weighted by Gasteiger charge is 1.97. The van der Waals surface area contributed by atoms with E-state index in [0.29, 0.717) is 10.4 Å². The molecule has 0 aliphatic carbocycles. The SMILES string of the molecule is O=c1[nH]ncc2cc(Cl)ccc12. The molecule has 0 saturated carbocycles. The zero-order valence-corrected chi connectivity index (χ0v) is 6.80. The van der Waals surface area contributed by atoms with Crippen molar-refractivity contribution in [3.8, 4) is 0 Å². The number of rotatable bonds is 0. The number of fused-ring (bicyclic) bond motifs is 1. The van der Waals surface area contributed by atoms with Crippen LogP contribution in [-0.2, 0) is 0 Å². The molecule has 0 aliphatic heterocycles. The van der Waals surface area contributed by atoms with Crippen molar-refractivity contribution in [3.63, 3.8) is 0 Å². The average molecular weight is 181 g/mol. The van der Waals surface area contributed by atoms with Crippen LogP contribution in [0.15, 0.2) is 29.2 Å². The second-order valence-electron chi connectivity index (χ2n) is 2.43. The van der Waals surface area contributed by atoms with Gasteiger partial charge in [-0.25, -0.2) is 5.10 Å². The summed E-state index contributed by atoms with van der Waals surface area (Å²) in [6, 6.07) is 5.07. The third-order valence-corrected chi connectivity index (χ3v) is 1.86. The summed E-state index contributed by atoms with van der Waals surface area (Å²) in [7, 11) is 0. The van der Waals surface area contributed by atoms with Crippen molar-refractivity contribution in [1.82, 2.24) is 10.2 Å². The molecule has 0 radical (unpaired) electrons. The van der Waals surface area contributed by atoms with E-state index in [1.54, 1.807) is 24.4 Å². The van der Waals surface area contributed by atoms with Crippen molar-refractivity contribution < 1.29 is 0 Å². The molecule has 0 atom stereocenters. The van der Waals surface area contributed by atoms with Crippen molar-refractivity contribution in [3.05, 3.63) is 39.8 Å². The van der Waals surface area contributed by atoms with Gasteiger partial charge in [-0.05, 0) is 18.2 Å². The van der Waals surface area contributed by atoms with E-state index in [1.165, 1.54) is 0 Å². The largest absolute Gasteiger partial charge is 0.272 e. The molecule has 0 amide bonds. The van der Waals surface area contributed by atoms with Crippen LogP contribution in [0, 0.1) is 0 Å². The van der Waals surface area contributed by atoms with Crippen LogP contribution in [0.5, 0.6) is 0 Å². The number of halogens is 1. The van der Waals surface area contributed by atoms with E-state index in [9.17, 15) is 4.79 Å². The Labute approximate surface area is 73.0 Å². The normalized spacial score (nSPS) is 10.4. The van der Waals surface area contributed by atoms with Crippen molar-refractivity contribution >= 4 is 22.4 Å². The monoisotopic (exact) mass is 180 g/mol.